The predicted molar refractivity (Wildman–Crippen MR) is 73.5 cm³/mol. The van der Waals surface area contributed by atoms with Gasteiger partial charge in [0.1, 0.15) is 5.75 Å². The standard InChI is InChI=1S/C12H18ClNO3S/c1-10(7-13)9-18(15,16)14-8-11-3-5-12(17-2)6-4-11/h3-6,10,14H,7-9H2,1-2H3. The summed E-state index contributed by atoms with van der Waals surface area (Å²) in [7, 11) is -1.68. The van der Waals surface area contributed by atoms with Gasteiger partial charge in [0, 0.05) is 12.4 Å². The van der Waals surface area contributed by atoms with Gasteiger partial charge in [-0.3, -0.25) is 0 Å². The van der Waals surface area contributed by atoms with Gasteiger partial charge in [-0.15, -0.1) is 11.6 Å². The monoisotopic (exact) mass is 291 g/mol. The maximum Gasteiger partial charge on any atom is 0.212 e. The number of hydrogen-bond acceptors (Lipinski definition) is 3. The number of methoxy groups -OCH3 is 1. The molecule has 0 bridgehead atoms. The molecule has 6 heteroatoms. The van der Waals surface area contributed by atoms with Gasteiger partial charge in [-0.1, -0.05) is 19.1 Å². The minimum atomic E-state index is -3.27. The first-order valence-corrected chi connectivity index (χ1v) is 7.81. The Kier molecular flexibility index (Phi) is 5.91. The summed E-state index contributed by atoms with van der Waals surface area (Å²) in [6.45, 7) is 2.08. The van der Waals surface area contributed by atoms with E-state index in [-0.39, 0.29) is 18.2 Å². The van der Waals surface area contributed by atoms with Crippen molar-refractivity contribution in [1.82, 2.24) is 4.72 Å². The summed E-state index contributed by atoms with van der Waals surface area (Å²) in [5.74, 6) is 1.08. The smallest absolute Gasteiger partial charge is 0.212 e. The van der Waals surface area contributed by atoms with Crippen molar-refractivity contribution in [2.75, 3.05) is 18.7 Å². The predicted octanol–water partition coefficient (Wildman–Crippen LogP) is 1.99. The molecule has 0 heterocycles. The third-order valence-corrected chi connectivity index (χ3v) is 4.54. The molecular weight excluding hydrogens is 274 g/mol. The summed E-state index contributed by atoms with van der Waals surface area (Å²) in [5.41, 5.74) is 0.887. The van der Waals surface area contributed by atoms with Crippen molar-refractivity contribution in [2.24, 2.45) is 5.92 Å². The first-order chi connectivity index (χ1) is 8.46. The van der Waals surface area contributed by atoms with Crippen LogP contribution in [0.15, 0.2) is 24.3 Å². The zero-order chi connectivity index (χ0) is 13.6. The molecule has 0 saturated heterocycles. The molecule has 0 radical (unpaired) electrons. The molecule has 1 aromatic carbocycles. The molecule has 18 heavy (non-hydrogen) atoms. The second kappa shape index (κ2) is 6.97. The van der Waals surface area contributed by atoms with Gasteiger partial charge in [0.2, 0.25) is 10.0 Å². The highest BCUT2D eigenvalue weighted by Crippen LogP contribution is 2.11. The average molecular weight is 292 g/mol. The van der Waals surface area contributed by atoms with E-state index >= 15 is 0 Å². The Hall–Kier alpha value is -0.780. The van der Waals surface area contributed by atoms with Gasteiger partial charge in [0.25, 0.3) is 0 Å². The summed E-state index contributed by atoms with van der Waals surface area (Å²) < 4.78 is 31.0. The summed E-state index contributed by atoms with van der Waals surface area (Å²) in [5, 5.41) is 0. The molecule has 102 valence electrons. The lowest BCUT2D eigenvalue weighted by atomic mass is 10.2. The highest BCUT2D eigenvalue weighted by molar-refractivity contribution is 7.89. The average Bonchev–Trinajstić information content (AvgIpc) is 2.36. The Morgan fingerprint density at radius 1 is 1.33 bits per heavy atom. The van der Waals surface area contributed by atoms with Crippen LogP contribution in [0, 0.1) is 5.92 Å². The van der Waals surface area contributed by atoms with E-state index < -0.39 is 10.0 Å². The Balaban J connectivity index is 2.53. The molecule has 0 saturated carbocycles. The number of halogens is 1. The molecule has 0 spiro atoms. The van der Waals surface area contributed by atoms with E-state index in [0.717, 1.165) is 11.3 Å². The SMILES string of the molecule is COc1ccc(CNS(=O)(=O)CC(C)CCl)cc1. The van der Waals surface area contributed by atoms with Crippen LogP contribution in [0.3, 0.4) is 0 Å². The van der Waals surface area contributed by atoms with Gasteiger partial charge < -0.3 is 4.74 Å². The van der Waals surface area contributed by atoms with Crippen molar-refractivity contribution in [2.45, 2.75) is 13.5 Å². The number of hydrogen-bond donors (Lipinski definition) is 1. The topological polar surface area (TPSA) is 55.4 Å². The molecule has 0 fully saturated rings. The number of ether oxygens (including phenoxy) is 1. The lowest BCUT2D eigenvalue weighted by molar-refractivity contribution is 0.414. The van der Waals surface area contributed by atoms with Crippen molar-refractivity contribution in [3.63, 3.8) is 0 Å². The Morgan fingerprint density at radius 3 is 2.44 bits per heavy atom. The van der Waals surface area contributed by atoms with Crippen LogP contribution in [0.1, 0.15) is 12.5 Å². The van der Waals surface area contributed by atoms with Gasteiger partial charge in [-0.25, -0.2) is 13.1 Å². The van der Waals surface area contributed by atoms with E-state index in [9.17, 15) is 8.42 Å². The van der Waals surface area contributed by atoms with Gasteiger partial charge in [-0.2, -0.15) is 0 Å². The Labute approximate surface area is 113 Å². The van der Waals surface area contributed by atoms with Crippen molar-refractivity contribution < 1.29 is 13.2 Å². The molecule has 1 unspecified atom stereocenters. The second-order valence-corrected chi connectivity index (χ2v) is 6.37. The molecule has 4 nitrogen and oxygen atoms in total. The maximum absolute atomic E-state index is 11.7. The lowest BCUT2D eigenvalue weighted by Crippen LogP contribution is -2.29. The van der Waals surface area contributed by atoms with Crippen molar-refractivity contribution in [3.8, 4) is 5.75 Å². The first kappa shape index (κ1) is 15.3. The molecule has 1 rings (SSSR count). The zero-order valence-corrected chi connectivity index (χ0v) is 12.1. The van der Waals surface area contributed by atoms with E-state index in [1.807, 2.05) is 12.1 Å². The lowest BCUT2D eigenvalue weighted by Gasteiger charge is -2.10. The van der Waals surface area contributed by atoms with Gasteiger partial charge >= 0.3 is 0 Å². The number of benzene rings is 1. The molecule has 0 aromatic heterocycles. The maximum atomic E-state index is 11.7. The van der Waals surface area contributed by atoms with Crippen LogP contribution >= 0.6 is 11.6 Å². The van der Waals surface area contributed by atoms with E-state index in [4.69, 9.17) is 16.3 Å². The third kappa shape index (κ3) is 5.25. The second-order valence-electron chi connectivity index (χ2n) is 4.21. The molecule has 0 amide bonds. The number of alkyl halides is 1. The Bertz CT molecular complexity index is 459. The zero-order valence-electron chi connectivity index (χ0n) is 10.5. The van der Waals surface area contributed by atoms with Crippen LogP contribution in [-0.2, 0) is 16.6 Å². The summed E-state index contributed by atoms with van der Waals surface area (Å²) >= 11 is 5.60. The minimum absolute atomic E-state index is 0.0483. The number of sulfonamides is 1. The molecule has 1 N–H and O–H groups in total. The molecule has 0 aliphatic heterocycles. The molecule has 0 aliphatic carbocycles. The van der Waals surface area contributed by atoms with Gasteiger partial charge in [0.15, 0.2) is 0 Å². The van der Waals surface area contributed by atoms with Crippen LogP contribution < -0.4 is 9.46 Å². The Morgan fingerprint density at radius 2 is 1.94 bits per heavy atom. The van der Waals surface area contributed by atoms with Crippen molar-refractivity contribution >= 4 is 21.6 Å². The van der Waals surface area contributed by atoms with Gasteiger partial charge in [0.05, 0.1) is 12.9 Å². The van der Waals surface area contributed by atoms with Crippen molar-refractivity contribution in [1.29, 1.82) is 0 Å². The summed E-state index contributed by atoms with van der Waals surface area (Å²) in [4.78, 5) is 0. The fourth-order valence-electron chi connectivity index (χ4n) is 1.41. The van der Waals surface area contributed by atoms with Gasteiger partial charge in [-0.05, 0) is 23.6 Å². The number of rotatable bonds is 7. The van der Waals surface area contributed by atoms with E-state index in [1.54, 1.807) is 26.2 Å². The molecule has 0 aliphatic rings. The molecular formula is C12H18ClNO3S. The largest absolute Gasteiger partial charge is 0.497 e. The highest BCUT2D eigenvalue weighted by Gasteiger charge is 2.14. The quantitative estimate of drug-likeness (QED) is 0.782. The van der Waals surface area contributed by atoms with Crippen LogP contribution in [-0.4, -0.2) is 27.2 Å². The fourth-order valence-corrected chi connectivity index (χ4v) is 3.02. The fraction of sp³-hybridized carbons (Fsp3) is 0.500. The summed E-state index contributed by atoms with van der Waals surface area (Å²) in [6.07, 6.45) is 0. The van der Waals surface area contributed by atoms with Crippen LogP contribution in [0.5, 0.6) is 5.75 Å². The van der Waals surface area contributed by atoms with Crippen LogP contribution in [0.25, 0.3) is 0 Å². The van der Waals surface area contributed by atoms with Crippen molar-refractivity contribution in [3.05, 3.63) is 29.8 Å². The normalized spacial score (nSPS) is 13.3. The summed E-state index contributed by atoms with van der Waals surface area (Å²) in [6, 6.07) is 7.24. The number of nitrogens with one attached hydrogen (secondary N) is 1. The molecule has 1 atom stereocenters. The first-order valence-electron chi connectivity index (χ1n) is 5.63. The third-order valence-electron chi connectivity index (χ3n) is 2.42. The highest BCUT2D eigenvalue weighted by atomic mass is 35.5. The van der Waals surface area contributed by atoms with Crippen LogP contribution in [0.2, 0.25) is 0 Å². The van der Waals surface area contributed by atoms with E-state index in [0.29, 0.717) is 5.88 Å². The van der Waals surface area contributed by atoms with E-state index in [2.05, 4.69) is 4.72 Å². The van der Waals surface area contributed by atoms with E-state index in [1.165, 1.54) is 0 Å². The molecule has 1 aromatic rings. The van der Waals surface area contributed by atoms with Crippen LogP contribution in [0.4, 0.5) is 0 Å². The minimum Gasteiger partial charge on any atom is -0.497 e.